The van der Waals surface area contributed by atoms with Crippen LogP contribution in [-0.4, -0.2) is 18.4 Å². The van der Waals surface area contributed by atoms with Crippen LogP contribution in [0.15, 0.2) is 72.8 Å². The van der Waals surface area contributed by atoms with Crippen LogP contribution in [0.3, 0.4) is 0 Å². The highest BCUT2D eigenvalue weighted by Crippen LogP contribution is 2.26. The monoisotopic (exact) mass is 469 g/mol. The van der Waals surface area contributed by atoms with Gasteiger partial charge in [0.05, 0.1) is 11.6 Å². The third-order valence-corrected chi connectivity index (χ3v) is 5.62. The molecule has 1 aliphatic rings. The Bertz CT molecular complexity index is 1100. The lowest BCUT2D eigenvalue weighted by molar-refractivity contribution is -0.125. The van der Waals surface area contributed by atoms with Gasteiger partial charge in [-0.05, 0) is 54.1 Å². The van der Waals surface area contributed by atoms with Crippen molar-refractivity contribution in [3.05, 3.63) is 88.4 Å². The van der Waals surface area contributed by atoms with Gasteiger partial charge < -0.3 is 9.64 Å². The van der Waals surface area contributed by atoms with Crippen LogP contribution in [0.25, 0.3) is 0 Å². The normalized spacial score (nSPS) is 15.5. The van der Waals surface area contributed by atoms with Crippen molar-refractivity contribution in [3.63, 3.8) is 0 Å². The van der Waals surface area contributed by atoms with Crippen LogP contribution >= 0.6 is 23.2 Å². The molecular formula is C24H21Cl2N3O3. The second kappa shape index (κ2) is 9.94. The zero-order chi connectivity index (χ0) is 22.5. The van der Waals surface area contributed by atoms with E-state index in [-0.39, 0.29) is 18.2 Å². The first-order chi connectivity index (χ1) is 15.5. The summed E-state index contributed by atoms with van der Waals surface area (Å²) >= 11 is 11.8. The van der Waals surface area contributed by atoms with Gasteiger partial charge in [0, 0.05) is 34.8 Å². The highest BCUT2D eigenvalue weighted by Gasteiger charge is 2.35. The summed E-state index contributed by atoms with van der Waals surface area (Å²) in [6, 6.07) is 21.7. The Morgan fingerprint density at radius 1 is 1.00 bits per heavy atom. The summed E-state index contributed by atoms with van der Waals surface area (Å²) in [5.74, 6) is -0.133. The van der Waals surface area contributed by atoms with Crippen molar-refractivity contribution in [3.8, 4) is 5.75 Å². The number of carbonyl (C=O) groups excluding carboxylic acids is 2. The molecule has 32 heavy (non-hydrogen) atoms. The Morgan fingerprint density at radius 2 is 1.69 bits per heavy atom. The van der Waals surface area contributed by atoms with Crippen molar-refractivity contribution in [2.75, 3.05) is 16.9 Å². The van der Waals surface area contributed by atoms with Crippen LogP contribution < -0.4 is 20.5 Å². The number of halogens is 2. The second-order valence-electron chi connectivity index (χ2n) is 7.44. The van der Waals surface area contributed by atoms with E-state index < -0.39 is 5.92 Å². The van der Waals surface area contributed by atoms with Gasteiger partial charge in [-0.2, -0.15) is 0 Å². The van der Waals surface area contributed by atoms with Gasteiger partial charge in [-0.15, -0.1) is 0 Å². The average molecular weight is 470 g/mol. The van der Waals surface area contributed by atoms with Crippen LogP contribution in [0.1, 0.15) is 12.0 Å². The summed E-state index contributed by atoms with van der Waals surface area (Å²) in [7, 11) is 0. The Labute approximate surface area is 196 Å². The molecule has 0 spiro atoms. The molecule has 1 aliphatic heterocycles. The lowest BCUT2D eigenvalue weighted by atomic mass is 10.1. The molecule has 1 fully saturated rings. The van der Waals surface area contributed by atoms with E-state index in [4.69, 9.17) is 27.9 Å². The minimum absolute atomic E-state index is 0.0925. The van der Waals surface area contributed by atoms with E-state index in [2.05, 4.69) is 10.9 Å². The van der Waals surface area contributed by atoms with Crippen molar-refractivity contribution in [1.29, 1.82) is 0 Å². The van der Waals surface area contributed by atoms with Gasteiger partial charge in [-0.1, -0.05) is 41.4 Å². The zero-order valence-electron chi connectivity index (χ0n) is 17.1. The largest absolute Gasteiger partial charge is 0.489 e. The highest BCUT2D eigenvalue weighted by molar-refractivity contribution is 6.30. The van der Waals surface area contributed by atoms with Crippen molar-refractivity contribution in [1.82, 2.24) is 5.43 Å². The lowest BCUT2D eigenvalue weighted by Gasteiger charge is -2.17. The highest BCUT2D eigenvalue weighted by atomic mass is 35.5. The van der Waals surface area contributed by atoms with Crippen LogP contribution in [0.5, 0.6) is 5.75 Å². The lowest BCUT2D eigenvalue weighted by Crippen LogP contribution is -2.36. The standard InChI is InChI=1S/C24H21Cl2N3O3/c25-18-6-4-16(5-7-18)15-32-22-3-1-2-20(13-22)27-28-24(31)17-12-23(30)29(14-17)21-10-8-19(26)9-11-21/h1-11,13,17,27H,12,14-15H2,(H,28,31)/t17-/m0/s1. The van der Waals surface area contributed by atoms with E-state index >= 15 is 0 Å². The summed E-state index contributed by atoms with van der Waals surface area (Å²) in [5, 5.41) is 1.27. The SMILES string of the molecule is O=C(NNc1cccc(OCc2ccc(Cl)cc2)c1)[C@H]1CC(=O)N(c2ccc(Cl)cc2)C1. The third kappa shape index (κ3) is 5.52. The Morgan fingerprint density at radius 3 is 2.41 bits per heavy atom. The number of nitrogens with one attached hydrogen (secondary N) is 2. The molecule has 2 N–H and O–H groups in total. The van der Waals surface area contributed by atoms with Gasteiger partial charge in [-0.3, -0.25) is 20.4 Å². The third-order valence-electron chi connectivity index (χ3n) is 5.12. The molecule has 0 radical (unpaired) electrons. The summed E-state index contributed by atoms with van der Waals surface area (Å²) < 4.78 is 5.81. The summed E-state index contributed by atoms with van der Waals surface area (Å²) in [6.45, 7) is 0.718. The summed E-state index contributed by atoms with van der Waals surface area (Å²) in [5.41, 5.74) is 7.99. The van der Waals surface area contributed by atoms with Gasteiger partial charge in [-0.25, -0.2) is 0 Å². The molecule has 3 aromatic carbocycles. The zero-order valence-corrected chi connectivity index (χ0v) is 18.6. The number of hydrazine groups is 1. The number of hydrogen-bond donors (Lipinski definition) is 2. The fraction of sp³-hybridized carbons (Fsp3) is 0.167. The number of amides is 2. The quantitative estimate of drug-likeness (QED) is 0.474. The summed E-state index contributed by atoms with van der Waals surface area (Å²) in [4.78, 5) is 26.6. The molecule has 0 saturated carbocycles. The van der Waals surface area contributed by atoms with E-state index in [0.29, 0.717) is 34.6 Å². The molecule has 8 heteroatoms. The van der Waals surface area contributed by atoms with Gasteiger partial charge in [0.25, 0.3) is 0 Å². The molecule has 1 heterocycles. The van der Waals surface area contributed by atoms with Gasteiger partial charge in [0.2, 0.25) is 11.8 Å². The molecule has 0 aliphatic carbocycles. The maximum absolute atomic E-state index is 12.6. The Kier molecular flexibility index (Phi) is 6.83. The maximum Gasteiger partial charge on any atom is 0.243 e. The van der Waals surface area contributed by atoms with Crippen molar-refractivity contribution < 1.29 is 14.3 Å². The van der Waals surface area contributed by atoms with E-state index in [1.54, 1.807) is 35.2 Å². The topological polar surface area (TPSA) is 70.7 Å². The van der Waals surface area contributed by atoms with E-state index in [9.17, 15) is 9.59 Å². The number of benzene rings is 3. The molecule has 1 saturated heterocycles. The number of ether oxygens (including phenoxy) is 1. The first-order valence-electron chi connectivity index (χ1n) is 10.1. The molecule has 1 atom stereocenters. The number of nitrogens with zero attached hydrogens (tertiary/aromatic N) is 1. The Balaban J connectivity index is 1.30. The average Bonchev–Trinajstić information content (AvgIpc) is 3.19. The van der Waals surface area contributed by atoms with Crippen molar-refractivity contribution in [2.24, 2.45) is 5.92 Å². The first kappa shape index (κ1) is 22.0. The molecule has 4 rings (SSSR count). The maximum atomic E-state index is 12.6. The minimum atomic E-state index is -0.449. The number of carbonyl (C=O) groups is 2. The second-order valence-corrected chi connectivity index (χ2v) is 8.31. The van der Waals surface area contributed by atoms with Gasteiger partial charge in [0.15, 0.2) is 0 Å². The van der Waals surface area contributed by atoms with Crippen molar-refractivity contribution >= 4 is 46.4 Å². The van der Waals surface area contributed by atoms with Gasteiger partial charge in [0.1, 0.15) is 12.4 Å². The Hall–Kier alpha value is -3.22. The van der Waals surface area contributed by atoms with E-state index in [0.717, 1.165) is 11.3 Å². The van der Waals surface area contributed by atoms with Gasteiger partial charge >= 0.3 is 0 Å². The minimum Gasteiger partial charge on any atom is -0.489 e. The molecule has 0 unspecified atom stereocenters. The van der Waals surface area contributed by atoms with Crippen LogP contribution in [0.4, 0.5) is 11.4 Å². The van der Waals surface area contributed by atoms with Crippen LogP contribution in [0, 0.1) is 5.92 Å². The fourth-order valence-corrected chi connectivity index (χ4v) is 3.65. The molecule has 0 bridgehead atoms. The molecule has 6 nitrogen and oxygen atoms in total. The first-order valence-corrected chi connectivity index (χ1v) is 10.8. The number of rotatable bonds is 7. The van der Waals surface area contributed by atoms with Crippen molar-refractivity contribution in [2.45, 2.75) is 13.0 Å². The fourth-order valence-electron chi connectivity index (χ4n) is 3.40. The predicted octanol–water partition coefficient (Wildman–Crippen LogP) is 5.07. The smallest absolute Gasteiger partial charge is 0.243 e. The molecule has 3 aromatic rings. The summed E-state index contributed by atoms with van der Waals surface area (Å²) in [6.07, 6.45) is 0.153. The molecule has 0 aromatic heterocycles. The molecule has 164 valence electrons. The molecule has 2 amide bonds. The number of hydrogen-bond acceptors (Lipinski definition) is 4. The number of anilines is 2. The van der Waals surface area contributed by atoms with Crippen LogP contribution in [-0.2, 0) is 16.2 Å². The van der Waals surface area contributed by atoms with E-state index in [1.165, 1.54) is 0 Å². The predicted molar refractivity (Wildman–Crippen MR) is 126 cm³/mol. The van der Waals surface area contributed by atoms with Crippen LogP contribution in [0.2, 0.25) is 10.0 Å². The van der Waals surface area contributed by atoms with E-state index in [1.807, 2.05) is 42.5 Å². The molecular weight excluding hydrogens is 449 g/mol.